The maximum Gasteiger partial charge on any atom is 0.326 e. The van der Waals surface area contributed by atoms with E-state index < -0.39 is 0 Å². The second-order valence-corrected chi connectivity index (χ2v) is 6.92. The number of carbonyl (C=O) groups excluding carboxylic acids is 2. The Morgan fingerprint density at radius 3 is 2.83 bits per heavy atom. The number of unbranched alkanes of at least 4 members (excludes halogenated alkanes) is 1. The summed E-state index contributed by atoms with van der Waals surface area (Å²) in [5.41, 5.74) is 0.869. The van der Waals surface area contributed by atoms with Gasteiger partial charge in [-0.05, 0) is 31.5 Å². The van der Waals surface area contributed by atoms with E-state index in [4.69, 9.17) is 4.74 Å². The van der Waals surface area contributed by atoms with Crippen molar-refractivity contribution in [2.75, 3.05) is 6.61 Å². The molecule has 0 N–H and O–H groups in total. The fraction of sp³-hybridized carbons (Fsp3) is 0.438. The van der Waals surface area contributed by atoms with Crippen LogP contribution in [0.2, 0.25) is 0 Å². The Balaban J connectivity index is 2.46. The standard InChI is InChI=1S/C16H19BrN2O3S/c1-3-5-6-14(20)18-16-19(10-15(21)22-4-2)12-8-7-11(17)9-13(12)23-16/h7-9H,3-6,10H2,1-2H3. The fourth-order valence-electron chi connectivity index (χ4n) is 2.11. The molecule has 0 atom stereocenters. The van der Waals surface area contributed by atoms with Crippen LogP contribution < -0.4 is 4.80 Å². The summed E-state index contributed by atoms with van der Waals surface area (Å²) in [5, 5.41) is 0. The first-order valence-electron chi connectivity index (χ1n) is 7.57. The van der Waals surface area contributed by atoms with Crippen LogP contribution in [-0.2, 0) is 20.9 Å². The van der Waals surface area contributed by atoms with Crippen LogP contribution >= 0.6 is 27.3 Å². The molecular weight excluding hydrogens is 380 g/mol. The third kappa shape index (κ3) is 4.75. The number of hydrogen-bond acceptors (Lipinski definition) is 4. The molecule has 23 heavy (non-hydrogen) atoms. The maximum absolute atomic E-state index is 12.0. The van der Waals surface area contributed by atoms with E-state index in [1.807, 2.05) is 25.1 Å². The van der Waals surface area contributed by atoms with Crippen LogP contribution in [0.4, 0.5) is 0 Å². The molecule has 0 spiro atoms. The smallest absolute Gasteiger partial charge is 0.326 e. The molecule has 124 valence electrons. The average molecular weight is 399 g/mol. The number of rotatable bonds is 6. The highest BCUT2D eigenvalue weighted by Gasteiger charge is 2.12. The molecule has 0 saturated heterocycles. The molecule has 0 aliphatic rings. The monoisotopic (exact) mass is 398 g/mol. The van der Waals surface area contributed by atoms with Crippen LogP contribution in [0, 0.1) is 0 Å². The van der Waals surface area contributed by atoms with Gasteiger partial charge >= 0.3 is 5.97 Å². The molecule has 1 heterocycles. The van der Waals surface area contributed by atoms with Crippen LogP contribution in [0.15, 0.2) is 27.7 Å². The van der Waals surface area contributed by atoms with Gasteiger partial charge in [-0.1, -0.05) is 40.6 Å². The van der Waals surface area contributed by atoms with Crippen molar-refractivity contribution >= 4 is 49.4 Å². The highest BCUT2D eigenvalue weighted by atomic mass is 79.9. The molecule has 0 unspecified atom stereocenters. The van der Waals surface area contributed by atoms with Crippen molar-refractivity contribution < 1.29 is 14.3 Å². The molecule has 1 amide bonds. The van der Waals surface area contributed by atoms with E-state index in [1.54, 1.807) is 11.5 Å². The number of hydrogen-bond donors (Lipinski definition) is 0. The molecule has 0 bridgehead atoms. The van der Waals surface area contributed by atoms with Gasteiger partial charge in [0.25, 0.3) is 0 Å². The highest BCUT2D eigenvalue weighted by molar-refractivity contribution is 9.10. The van der Waals surface area contributed by atoms with Gasteiger partial charge < -0.3 is 9.30 Å². The van der Waals surface area contributed by atoms with Gasteiger partial charge in [0.2, 0.25) is 5.91 Å². The normalized spacial score (nSPS) is 11.9. The number of aromatic nitrogens is 1. The third-order valence-electron chi connectivity index (χ3n) is 3.20. The molecular formula is C16H19BrN2O3S. The number of benzene rings is 1. The summed E-state index contributed by atoms with van der Waals surface area (Å²) in [6.45, 7) is 4.18. The van der Waals surface area contributed by atoms with E-state index >= 15 is 0 Å². The third-order valence-corrected chi connectivity index (χ3v) is 4.74. The summed E-state index contributed by atoms with van der Waals surface area (Å²) in [6, 6.07) is 5.77. The van der Waals surface area contributed by atoms with Gasteiger partial charge in [-0.2, -0.15) is 4.99 Å². The number of amides is 1. The Morgan fingerprint density at radius 1 is 1.35 bits per heavy atom. The van der Waals surface area contributed by atoms with Gasteiger partial charge in [0, 0.05) is 10.9 Å². The zero-order chi connectivity index (χ0) is 16.8. The number of nitrogens with zero attached hydrogens (tertiary/aromatic N) is 2. The number of fused-ring (bicyclic) bond motifs is 1. The first-order valence-corrected chi connectivity index (χ1v) is 9.18. The minimum Gasteiger partial charge on any atom is -0.465 e. The lowest BCUT2D eigenvalue weighted by Gasteiger charge is -2.05. The van der Waals surface area contributed by atoms with E-state index in [9.17, 15) is 9.59 Å². The zero-order valence-corrected chi connectivity index (χ0v) is 15.6. The molecule has 0 saturated carbocycles. The topological polar surface area (TPSA) is 60.7 Å². The van der Waals surface area contributed by atoms with Gasteiger partial charge in [-0.3, -0.25) is 9.59 Å². The Labute approximate surface area is 147 Å². The highest BCUT2D eigenvalue weighted by Crippen LogP contribution is 2.22. The molecule has 2 aromatic rings. The van der Waals surface area contributed by atoms with Crippen molar-refractivity contribution in [1.82, 2.24) is 4.57 Å². The molecule has 2 rings (SSSR count). The minimum absolute atomic E-state index is 0.0510. The first kappa shape index (κ1) is 17.9. The van der Waals surface area contributed by atoms with Gasteiger partial charge in [0.05, 0.1) is 16.8 Å². The summed E-state index contributed by atoms with van der Waals surface area (Å²) in [4.78, 5) is 28.6. The maximum atomic E-state index is 12.0. The van der Waals surface area contributed by atoms with Gasteiger partial charge in [0.15, 0.2) is 4.80 Å². The largest absolute Gasteiger partial charge is 0.465 e. The number of carbonyl (C=O) groups is 2. The second-order valence-electron chi connectivity index (χ2n) is 5.00. The SMILES string of the molecule is CCCCC(=O)N=c1sc2cc(Br)ccc2n1CC(=O)OCC. The van der Waals surface area contributed by atoms with E-state index in [2.05, 4.69) is 20.9 Å². The lowest BCUT2D eigenvalue weighted by atomic mass is 10.2. The quantitative estimate of drug-likeness (QED) is 0.697. The predicted octanol–water partition coefficient (Wildman–Crippen LogP) is 3.65. The van der Waals surface area contributed by atoms with Crippen molar-refractivity contribution in [3.05, 3.63) is 27.5 Å². The number of halogens is 1. The fourth-order valence-corrected chi connectivity index (χ4v) is 3.71. The number of ether oxygens (including phenoxy) is 1. The van der Waals surface area contributed by atoms with Crippen molar-refractivity contribution in [1.29, 1.82) is 0 Å². The van der Waals surface area contributed by atoms with E-state index in [0.717, 1.165) is 27.5 Å². The molecule has 1 aromatic heterocycles. The summed E-state index contributed by atoms with van der Waals surface area (Å²) in [7, 11) is 0. The van der Waals surface area contributed by atoms with Crippen LogP contribution in [-0.4, -0.2) is 23.1 Å². The Hall–Kier alpha value is -1.47. The predicted molar refractivity (Wildman–Crippen MR) is 94.2 cm³/mol. The second kappa shape index (κ2) is 8.40. The van der Waals surface area contributed by atoms with Crippen molar-refractivity contribution in [3.8, 4) is 0 Å². The molecule has 0 aliphatic carbocycles. The molecule has 7 heteroatoms. The van der Waals surface area contributed by atoms with Crippen molar-refractivity contribution in [2.24, 2.45) is 4.99 Å². The van der Waals surface area contributed by atoms with Crippen molar-refractivity contribution in [2.45, 2.75) is 39.7 Å². The minimum atomic E-state index is -0.336. The molecule has 0 fully saturated rings. The first-order chi connectivity index (χ1) is 11.0. The molecule has 1 aromatic carbocycles. The lowest BCUT2D eigenvalue weighted by molar-refractivity contribution is -0.143. The molecule has 5 nitrogen and oxygen atoms in total. The van der Waals surface area contributed by atoms with Crippen LogP contribution in [0.1, 0.15) is 33.1 Å². The average Bonchev–Trinajstić information content (AvgIpc) is 2.82. The molecule has 0 aliphatic heterocycles. The summed E-state index contributed by atoms with van der Waals surface area (Å²) in [6.07, 6.45) is 2.19. The Kier molecular flexibility index (Phi) is 6.53. The number of thiazole rings is 1. The zero-order valence-electron chi connectivity index (χ0n) is 13.2. The van der Waals surface area contributed by atoms with Crippen LogP contribution in [0.3, 0.4) is 0 Å². The van der Waals surface area contributed by atoms with E-state index in [1.165, 1.54) is 11.3 Å². The Bertz CT molecular complexity index is 779. The summed E-state index contributed by atoms with van der Waals surface area (Å²) >= 11 is 4.83. The van der Waals surface area contributed by atoms with Crippen LogP contribution in [0.5, 0.6) is 0 Å². The van der Waals surface area contributed by atoms with Gasteiger partial charge in [0.1, 0.15) is 6.54 Å². The van der Waals surface area contributed by atoms with Crippen molar-refractivity contribution in [3.63, 3.8) is 0 Å². The van der Waals surface area contributed by atoms with Crippen LogP contribution in [0.25, 0.3) is 10.2 Å². The summed E-state index contributed by atoms with van der Waals surface area (Å²) in [5.74, 6) is -0.493. The van der Waals surface area contributed by atoms with Gasteiger partial charge in [-0.25, -0.2) is 0 Å². The summed E-state index contributed by atoms with van der Waals surface area (Å²) < 4.78 is 8.67. The number of esters is 1. The van der Waals surface area contributed by atoms with E-state index in [0.29, 0.717) is 17.8 Å². The van der Waals surface area contributed by atoms with Gasteiger partial charge in [-0.15, -0.1) is 0 Å². The Morgan fingerprint density at radius 2 is 2.13 bits per heavy atom. The lowest BCUT2D eigenvalue weighted by Crippen LogP contribution is -2.23. The molecule has 0 radical (unpaired) electrons. The van der Waals surface area contributed by atoms with E-state index in [-0.39, 0.29) is 18.4 Å².